The summed E-state index contributed by atoms with van der Waals surface area (Å²) in [6.45, 7) is 4.89. The molecular formula is C14H20N4. The summed E-state index contributed by atoms with van der Waals surface area (Å²) in [4.78, 5) is 0. The van der Waals surface area contributed by atoms with Crippen molar-refractivity contribution in [2.24, 2.45) is 5.73 Å². The minimum Gasteiger partial charge on any atom is -0.330 e. The van der Waals surface area contributed by atoms with Gasteiger partial charge in [-0.15, -0.1) is 10.2 Å². The van der Waals surface area contributed by atoms with Gasteiger partial charge in [-0.05, 0) is 38.4 Å². The van der Waals surface area contributed by atoms with Crippen LogP contribution in [-0.4, -0.2) is 21.3 Å². The van der Waals surface area contributed by atoms with Crippen LogP contribution in [0.1, 0.15) is 37.3 Å². The number of benzene rings is 1. The predicted molar refractivity (Wildman–Crippen MR) is 72.8 cm³/mol. The highest BCUT2D eigenvalue weighted by Crippen LogP contribution is 2.22. The van der Waals surface area contributed by atoms with Crippen LogP contribution >= 0.6 is 0 Å². The number of para-hydroxylation sites is 1. The lowest BCUT2D eigenvalue weighted by Crippen LogP contribution is -2.08. The van der Waals surface area contributed by atoms with Crippen molar-refractivity contribution in [3.63, 3.8) is 0 Å². The molecule has 2 aromatic rings. The van der Waals surface area contributed by atoms with Gasteiger partial charge < -0.3 is 5.73 Å². The van der Waals surface area contributed by atoms with Gasteiger partial charge in [0.05, 0.1) is 0 Å². The maximum Gasteiger partial charge on any atom is 0.140 e. The van der Waals surface area contributed by atoms with Gasteiger partial charge in [0.25, 0.3) is 0 Å². The number of rotatable bonds is 5. The Morgan fingerprint density at radius 2 is 1.94 bits per heavy atom. The molecule has 0 radical (unpaired) electrons. The van der Waals surface area contributed by atoms with Gasteiger partial charge in [-0.3, -0.25) is 4.57 Å². The van der Waals surface area contributed by atoms with Gasteiger partial charge in [-0.2, -0.15) is 0 Å². The molecule has 4 nitrogen and oxygen atoms in total. The lowest BCUT2D eigenvalue weighted by molar-refractivity contribution is 0.597. The van der Waals surface area contributed by atoms with Crippen LogP contribution in [0.2, 0.25) is 0 Å². The van der Waals surface area contributed by atoms with Crippen LogP contribution in [0.4, 0.5) is 0 Å². The third-order valence-electron chi connectivity index (χ3n) is 3.15. The number of hydrogen-bond donors (Lipinski definition) is 1. The van der Waals surface area contributed by atoms with Crippen molar-refractivity contribution in [2.45, 2.75) is 32.6 Å². The molecule has 18 heavy (non-hydrogen) atoms. The molecule has 4 heteroatoms. The van der Waals surface area contributed by atoms with Gasteiger partial charge in [-0.25, -0.2) is 0 Å². The summed E-state index contributed by atoms with van der Waals surface area (Å²) >= 11 is 0. The average molecular weight is 244 g/mol. The van der Waals surface area contributed by atoms with E-state index in [4.69, 9.17) is 5.73 Å². The molecule has 0 saturated carbocycles. The van der Waals surface area contributed by atoms with Crippen LogP contribution in [0.3, 0.4) is 0 Å². The summed E-state index contributed by atoms with van der Waals surface area (Å²) in [7, 11) is 0. The average Bonchev–Trinajstić information content (AvgIpc) is 2.79. The van der Waals surface area contributed by atoms with Crippen molar-refractivity contribution in [1.29, 1.82) is 0 Å². The molecule has 1 heterocycles. The molecule has 0 bridgehead atoms. The van der Waals surface area contributed by atoms with Gasteiger partial charge in [-0.1, -0.05) is 25.1 Å². The van der Waals surface area contributed by atoms with Crippen LogP contribution in [0.25, 0.3) is 5.69 Å². The molecule has 1 aromatic carbocycles. The standard InChI is InChI=1S/C14H20N4/c1-11(7-6-10-15)14-17-16-12(2)18(14)13-8-4-3-5-9-13/h3-5,8-9,11H,6-7,10,15H2,1-2H3. The first-order valence-electron chi connectivity index (χ1n) is 6.41. The Labute approximate surface area is 108 Å². The molecule has 0 aliphatic heterocycles. The quantitative estimate of drug-likeness (QED) is 0.878. The van der Waals surface area contributed by atoms with Gasteiger partial charge in [0.1, 0.15) is 11.6 Å². The monoisotopic (exact) mass is 244 g/mol. The summed E-state index contributed by atoms with van der Waals surface area (Å²) in [6, 6.07) is 10.2. The highest BCUT2D eigenvalue weighted by molar-refractivity contribution is 5.34. The van der Waals surface area contributed by atoms with E-state index in [9.17, 15) is 0 Å². The van der Waals surface area contributed by atoms with Crippen molar-refractivity contribution in [3.8, 4) is 5.69 Å². The van der Waals surface area contributed by atoms with E-state index in [0.29, 0.717) is 5.92 Å². The van der Waals surface area contributed by atoms with E-state index >= 15 is 0 Å². The molecule has 0 aliphatic carbocycles. The number of nitrogens with zero attached hydrogens (tertiary/aromatic N) is 3. The summed E-state index contributed by atoms with van der Waals surface area (Å²) in [5.74, 6) is 2.32. The third-order valence-corrected chi connectivity index (χ3v) is 3.15. The minimum absolute atomic E-state index is 0.370. The lowest BCUT2D eigenvalue weighted by atomic mass is 10.0. The van der Waals surface area contributed by atoms with E-state index in [0.717, 1.165) is 36.7 Å². The normalized spacial score (nSPS) is 12.6. The Morgan fingerprint density at radius 3 is 2.61 bits per heavy atom. The van der Waals surface area contributed by atoms with Crippen LogP contribution in [0.15, 0.2) is 30.3 Å². The van der Waals surface area contributed by atoms with E-state index in [2.05, 4.69) is 33.8 Å². The number of aryl methyl sites for hydroxylation is 1. The van der Waals surface area contributed by atoms with E-state index in [-0.39, 0.29) is 0 Å². The van der Waals surface area contributed by atoms with Crippen molar-refractivity contribution in [1.82, 2.24) is 14.8 Å². The molecule has 0 aliphatic rings. The fourth-order valence-electron chi connectivity index (χ4n) is 2.15. The van der Waals surface area contributed by atoms with Gasteiger partial charge in [0.15, 0.2) is 0 Å². The zero-order valence-corrected chi connectivity index (χ0v) is 11.0. The highest BCUT2D eigenvalue weighted by Gasteiger charge is 2.16. The van der Waals surface area contributed by atoms with Crippen LogP contribution in [0.5, 0.6) is 0 Å². The zero-order chi connectivity index (χ0) is 13.0. The van der Waals surface area contributed by atoms with Crippen LogP contribution < -0.4 is 5.73 Å². The van der Waals surface area contributed by atoms with E-state index in [1.807, 2.05) is 25.1 Å². The molecule has 2 N–H and O–H groups in total. The lowest BCUT2D eigenvalue weighted by Gasteiger charge is -2.13. The molecule has 0 saturated heterocycles. The van der Waals surface area contributed by atoms with E-state index in [1.165, 1.54) is 0 Å². The van der Waals surface area contributed by atoms with Gasteiger partial charge in [0.2, 0.25) is 0 Å². The maximum absolute atomic E-state index is 5.57. The van der Waals surface area contributed by atoms with Crippen molar-refractivity contribution >= 4 is 0 Å². The largest absolute Gasteiger partial charge is 0.330 e. The molecule has 0 spiro atoms. The van der Waals surface area contributed by atoms with Crippen LogP contribution in [-0.2, 0) is 0 Å². The van der Waals surface area contributed by atoms with Gasteiger partial charge >= 0.3 is 0 Å². The first kappa shape index (κ1) is 12.8. The second-order valence-corrected chi connectivity index (χ2v) is 4.61. The Hall–Kier alpha value is -1.68. The molecule has 1 atom stereocenters. The Balaban J connectivity index is 2.33. The summed E-state index contributed by atoms with van der Waals surface area (Å²) < 4.78 is 2.13. The van der Waals surface area contributed by atoms with Gasteiger partial charge in [0, 0.05) is 11.6 Å². The fraction of sp³-hybridized carbons (Fsp3) is 0.429. The third kappa shape index (κ3) is 2.59. The summed E-state index contributed by atoms with van der Waals surface area (Å²) in [5, 5.41) is 8.52. The first-order valence-corrected chi connectivity index (χ1v) is 6.41. The van der Waals surface area contributed by atoms with E-state index < -0.39 is 0 Å². The second-order valence-electron chi connectivity index (χ2n) is 4.61. The fourth-order valence-corrected chi connectivity index (χ4v) is 2.15. The minimum atomic E-state index is 0.370. The molecule has 0 amide bonds. The molecule has 1 unspecified atom stereocenters. The zero-order valence-electron chi connectivity index (χ0n) is 11.0. The maximum atomic E-state index is 5.57. The SMILES string of the molecule is Cc1nnc(C(C)CCCN)n1-c1ccccc1. The van der Waals surface area contributed by atoms with Crippen molar-refractivity contribution < 1.29 is 0 Å². The summed E-state index contributed by atoms with van der Waals surface area (Å²) in [6.07, 6.45) is 2.06. The highest BCUT2D eigenvalue weighted by atomic mass is 15.3. The topological polar surface area (TPSA) is 56.7 Å². The number of aromatic nitrogens is 3. The predicted octanol–water partition coefficient (Wildman–Crippen LogP) is 2.42. The van der Waals surface area contributed by atoms with Crippen molar-refractivity contribution in [3.05, 3.63) is 42.0 Å². The first-order chi connectivity index (χ1) is 8.74. The molecular weight excluding hydrogens is 224 g/mol. The van der Waals surface area contributed by atoms with Crippen molar-refractivity contribution in [2.75, 3.05) is 6.54 Å². The Kier molecular flexibility index (Phi) is 4.10. The second kappa shape index (κ2) is 5.78. The molecule has 96 valence electrons. The van der Waals surface area contributed by atoms with Crippen LogP contribution in [0, 0.1) is 6.92 Å². The Morgan fingerprint density at radius 1 is 1.22 bits per heavy atom. The summed E-state index contributed by atoms with van der Waals surface area (Å²) in [5.41, 5.74) is 6.69. The molecule has 2 rings (SSSR count). The molecule has 1 aromatic heterocycles. The van der Waals surface area contributed by atoms with E-state index in [1.54, 1.807) is 0 Å². The number of nitrogens with two attached hydrogens (primary N) is 1. The smallest absolute Gasteiger partial charge is 0.140 e. The number of hydrogen-bond acceptors (Lipinski definition) is 3. The Bertz CT molecular complexity index is 490. The molecule has 0 fully saturated rings.